The fourth-order valence-electron chi connectivity index (χ4n) is 2.38. The van der Waals surface area contributed by atoms with Gasteiger partial charge in [0.15, 0.2) is 0 Å². The van der Waals surface area contributed by atoms with Crippen molar-refractivity contribution in [3.63, 3.8) is 0 Å². The lowest BCUT2D eigenvalue weighted by molar-refractivity contribution is 0.247. The Kier molecular flexibility index (Phi) is 7.85. The second kappa shape index (κ2) is 9.32. The molecule has 0 aromatic rings. The van der Waals surface area contributed by atoms with Gasteiger partial charge in [-0.1, -0.05) is 64.7 Å². The highest BCUT2D eigenvalue weighted by molar-refractivity contribution is 5.76. The van der Waals surface area contributed by atoms with E-state index in [0.717, 1.165) is 13.0 Å². The van der Waals surface area contributed by atoms with Crippen LogP contribution in [0.25, 0.3) is 0 Å². The largest absolute Gasteiger partial charge is 0.336 e. The van der Waals surface area contributed by atoms with Crippen molar-refractivity contribution in [3.05, 3.63) is 0 Å². The first-order chi connectivity index (χ1) is 8.33. The Morgan fingerprint density at radius 3 is 2.12 bits per heavy atom. The number of carbonyl (C=O) groups excluding carboxylic acids is 1. The zero-order valence-corrected chi connectivity index (χ0v) is 11.3. The van der Waals surface area contributed by atoms with Crippen LogP contribution in [0.5, 0.6) is 0 Å². The molecule has 3 heteroatoms. The standard InChI is InChI=1S/C14H28N2O/c1-2-3-4-5-6-7-8-9-10-11-13-12-15-14(17)16-13/h13H,2-12H2,1H3,(H2,15,16,17). The molecule has 0 aliphatic carbocycles. The zero-order chi connectivity index (χ0) is 12.3. The summed E-state index contributed by atoms with van der Waals surface area (Å²) in [5.74, 6) is 0. The summed E-state index contributed by atoms with van der Waals surface area (Å²) in [6.07, 6.45) is 13.4. The summed E-state index contributed by atoms with van der Waals surface area (Å²) in [7, 11) is 0. The highest BCUT2D eigenvalue weighted by Gasteiger charge is 2.18. The second-order valence-electron chi connectivity index (χ2n) is 5.17. The number of rotatable bonds is 10. The molecule has 0 aromatic carbocycles. The van der Waals surface area contributed by atoms with Crippen LogP contribution in [0.15, 0.2) is 0 Å². The van der Waals surface area contributed by atoms with Gasteiger partial charge in [0.25, 0.3) is 0 Å². The van der Waals surface area contributed by atoms with Gasteiger partial charge in [-0.25, -0.2) is 4.79 Å². The summed E-state index contributed by atoms with van der Waals surface area (Å²) in [6, 6.07) is 0.387. The Hall–Kier alpha value is -0.730. The van der Waals surface area contributed by atoms with Crippen molar-refractivity contribution in [2.45, 2.75) is 77.2 Å². The SMILES string of the molecule is CCCCCCCCCCCC1CNC(=O)N1. The molecule has 1 aliphatic rings. The van der Waals surface area contributed by atoms with Crippen LogP contribution >= 0.6 is 0 Å². The van der Waals surface area contributed by atoms with Crippen LogP contribution in [-0.2, 0) is 0 Å². The lowest BCUT2D eigenvalue weighted by atomic mass is 10.0. The van der Waals surface area contributed by atoms with Gasteiger partial charge in [0, 0.05) is 12.6 Å². The summed E-state index contributed by atoms with van der Waals surface area (Å²) in [5, 5.41) is 5.73. The average molecular weight is 240 g/mol. The van der Waals surface area contributed by atoms with Gasteiger partial charge < -0.3 is 10.6 Å². The third-order valence-electron chi connectivity index (χ3n) is 3.50. The second-order valence-corrected chi connectivity index (χ2v) is 5.17. The highest BCUT2D eigenvalue weighted by Crippen LogP contribution is 2.11. The van der Waals surface area contributed by atoms with E-state index in [-0.39, 0.29) is 6.03 Å². The Bertz CT molecular complexity index is 206. The molecule has 1 heterocycles. The van der Waals surface area contributed by atoms with Crippen LogP contribution in [-0.4, -0.2) is 18.6 Å². The Labute approximate surface area is 106 Å². The number of unbranched alkanes of at least 4 members (excludes halogenated alkanes) is 8. The molecule has 0 spiro atoms. The smallest absolute Gasteiger partial charge is 0.315 e. The van der Waals surface area contributed by atoms with Crippen molar-refractivity contribution in [2.24, 2.45) is 0 Å². The molecular formula is C14H28N2O. The maximum Gasteiger partial charge on any atom is 0.315 e. The molecule has 1 aliphatic heterocycles. The van der Waals surface area contributed by atoms with E-state index in [2.05, 4.69) is 17.6 Å². The van der Waals surface area contributed by atoms with Crippen molar-refractivity contribution in [1.29, 1.82) is 0 Å². The first-order valence-corrected chi connectivity index (χ1v) is 7.37. The summed E-state index contributed by atoms with van der Waals surface area (Å²) < 4.78 is 0. The molecule has 2 amide bonds. The van der Waals surface area contributed by atoms with Gasteiger partial charge >= 0.3 is 6.03 Å². The van der Waals surface area contributed by atoms with Gasteiger partial charge in [0.1, 0.15) is 0 Å². The molecule has 0 bridgehead atoms. The quantitative estimate of drug-likeness (QED) is 0.563. The lowest BCUT2D eigenvalue weighted by Gasteiger charge is -2.07. The Balaban J connectivity index is 1.77. The van der Waals surface area contributed by atoms with Crippen molar-refractivity contribution >= 4 is 6.03 Å². The monoisotopic (exact) mass is 240 g/mol. The maximum atomic E-state index is 10.9. The van der Waals surface area contributed by atoms with Crippen LogP contribution in [0.2, 0.25) is 0 Å². The fraction of sp³-hybridized carbons (Fsp3) is 0.929. The van der Waals surface area contributed by atoms with Gasteiger partial charge in [-0.2, -0.15) is 0 Å². The average Bonchev–Trinajstić information content (AvgIpc) is 2.73. The van der Waals surface area contributed by atoms with E-state index < -0.39 is 0 Å². The van der Waals surface area contributed by atoms with E-state index in [4.69, 9.17) is 0 Å². The normalized spacial score (nSPS) is 19.1. The molecule has 0 saturated carbocycles. The highest BCUT2D eigenvalue weighted by atomic mass is 16.2. The Morgan fingerprint density at radius 2 is 1.59 bits per heavy atom. The van der Waals surface area contributed by atoms with E-state index in [1.807, 2.05) is 0 Å². The van der Waals surface area contributed by atoms with Crippen LogP contribution in [0.3, 0.4) is 0 Å². The van der Waals surface area contributed by atoms with Crippen LogP contribution in [0.1, 0.15) is 71.1 Å². The summed E-state index contributed by atoms with van der Waals surface area (Å²) >= 11 is 0. The summed E-state index contributed by atoms with van der Waals surface area (Å²) in [5.41, 5.74) is 0. The number of nitrogens with one attached hydrogen (secondary N) is 2. The lowest BCUT2D eigenvalue weighted by Crippen LogP contribution is -2.26. The minimum Gasteiger partial charge on any atom is -0.336 e. The minimum absolute atomic E-state index is 0.00549. The molecule has 1 rings (SSSR count). The molecule has 3 nitrogen and oxygen atoms in total. The predicted molar refractivity (Wildman–Crippen MR) is 72.2 cm³/mol. The van der Waals surface area contributed by atoms with E-state index >= 15 is 0 Å². The molecule has 0 aromatic heterocycles. The van der Waals surface area contributed by atoms with E-state index in [0.29, 0.717) is 6.04 Å². The summed E-state index contributed by atoms with van der Waals surface area (Å²) in [6.45, 7) is 3.08. The molecular weight excluding hydrogens is 212 g/mol. The fourth-order valence-corrected chi connectivity index (χ4v) is 2.38. The van der Waals surface area contributed by atoms with Gasteiger partial charge in [-0.15, -0.1) is 0 Å². The third-order valence-corrected chi connectivity index (χ3v) is 3.50. The minimum atomic E-state index is 0.00549. The predicted octanol–water partition coefficient (Wildman–Crippen LogP) is 3.59. The van der Waals surface area contributed by atoms with Gasteiger partial charge in [0.05, 0.1) is 0 Å². The zero-order valence-electron chi connectivity index (χ0n) is 11.3. The van der Waals surface area contributed by atoms with Crippen molar-refractivity contribution in [2.75, 3.05) is 6.54 Å². The van der Waals surface area contributed by atoms with Crippen LogP contribution in [0, 0.1) is 0 Å². The van der Waals surface area contributed by atoms with Crippen molar-refractivity contribution < 1.29 is 4.79 Å². The number of amides is 2. The molecule has 17 heavy (non-hydrogen) atoms. The molecule has 1 saturated heterocycles. The maximum absolute atomic E-state index is 10.9. The first-order valence-electron chi connectivity index (χ1n) is 7.37. The molecule has 0 radical (unpaired) electrons. The number of urea groups is 1. The van der Waals surface area contributed by atoms with E-state index in [1.54, 1.807) is 0 Å². The molecule has 1 atom stereocenters. The number of hydrogen-bond acceptors (Lipinski definition) is 1. The van der Waals surface area contributed by atoms with Crippen molar-refractivity contribution in [3.8, 4) is 0 Å². The van der Waals surface area contributed by atoms with Crippen molar-refractivity contribution in [1.82, 2.24) is 10.6 Å². The first kappa shape index (κ1) is 14.3. The topological polar surface area (TPSA) is 41.1 Å². The Morgan fingerprint density at radius 1 is 1.00 bits per heavy atom. The number of hydrogen-bond donors (Lipinski definition) is 2. The van der Waals surface area contributed by atoms with E-state index in [9.17, 15) is 4.79 Å². The van der Waals surface area contributed by atoms with Gasteiger partial charge in [-0.3, -0.25) is 0 Å². The number of carbonyl (C=O) groups is 1. The molecule has 1 fully saturated rings. The van der Waals surface area contributed by atoms with Gasteiger partial charge in [-0.05, 0) is 6.42 Å². The van der Waals surface area contributed by atoms with E-state index in [1.165, 1.54) is 57.8 Å². The molecule has 2 N–H and O–H groups in total. The van der Waals surface area contributed by atoms with Crippen LogP contribution in [0.4, 0.5) is 4.79 Å². The molecule has 100 valence electrons. The van der Waals surface area contributed by atoms with Gasteiger partial charge in [0.2, 0.25) is 0 Å². The van der Waals surface area contributed by atoms with Crippen LogP contribution < -0.4 is 10.6 Å². The summed E-state index contributed by atoms with van der Waals surface area (Å²) in [4.78, 5) is 10.9. The third kappa shape index (κ3) is 7.24. The molecule has 1 unspecified atom stereocenters.